The molecule has 0 rings (SSSR count). The van der Waals surface area contributed by atoms with Crippen molar-refractivity contribution in [2.45, 2.75) is 74.4 Å². The Labute approximate surface area is 122 Å². The Morgan fingerprint density at radius 3 is 2.16 bits per heavy atom. The van der Waals surface area contributed by atoms with Gasteiger partial charge in [-0.1, -0.05) is 0 Å². The molecule has 112 valence electrons. The maximum absolute atomic E-state index is 11.7. The Hall–Kier alpha value is -0.247. The molecule has 0 saturated carbocycles. The molecule has 0 aliphatic heterocycles. The third-order valence-corrected chi connectivity index (χ3v) is 6.14. The minimum absolute atomic E-state index is 0.119. The van der Waals surface area contributed by atoms with E-state index in [1.807, 2.05) is 0 Å². The standard InChI is InChI=1S/C16H32GeO2/c1-6-7-8-9-10-11-12-13-15(16(18)19-5)14-17(2,3)4/h13H,6-12,14H2,1-5H3/b15-13+. The average molecular weight is 329 g/mol. The Balaban J connectivity index is 4.08. The summed E-state index contributed by atoms with van der Waals surface area (Å²) in [5, 5.41) is 0.975. The van der Waals surface area contributed by atoms with Gasteiger partial charge in [0.05, 0.1) is 0 Å². The van der Waals surface area contributed by atoms with Crippen molar-refractivity contribution in [2.24, 2.45) is 0 Å². The average Bonchev–Trinajstić information content (AvgIpc) is 2.34. The van der Waals surface area contributed by atoms with E-state index in [-0.39, 0.29) is 5.97 Å². The van der Waals surface area contributed by atoms with E-state index < -0.39 is 13.3 Å². The molecular weight excluding hydrogens is 297 g/mol. The van der Waals surface area contributed by atoms with Crippen LogP contribution in [0.15, 0.2) is 11.6 Å². The molecule has 0 heterocycles. The molecule has 2 nitrogen and oxygen atoms in total. The molecule has 3 heteroatoms. The van der Waals surface area contributed by atoms with Crippen LogP contribution < -0.4 is 0 Å². The number of carbonyl (C=O) groups excluding carboxylic acids is 1. The Morgan fingerprint density at radius 1 is 1.05 bits per heavy atom. The number of allylic oxidation sites excluding steroid dienone is 1. The van der Waals surface area contributed by atoms with Gasteiger partial charge in [-0.25, -0.2) is 0 Å². The van der Waals surface area contributed by atoms with E-state index in [0.29, 0.717) is 0 Å². The number of methoxy groups -OCH3 is 1. The topological polar surface area (TPSA) is 26.3 Å². The molecule has 19 heavy (non-hydrogen) atoms. The fourth-order valence-corrected chi connectivity index (χ4v) is 5.13. The summed E-state index contributed by atoms with van der Waals surface area (Å²) in [5.74, 6) is 6.89. The van der Waals surface area contributed by atoms with Gasteiger partial charge >= 0.3 is 122 Å². The first-order valence-electron chi connectivity index (χ1n) is 7.68. The summed E-state index contributed by atoms with van der Waals surface area (Å²) in [6.07, 6.45) is 10.9. The number of unbranched alkanes of at least 4 members (excludes halogenated alkanes) is 6. The first kappa shape index (κ1) is 18.8. The Morgan fingerprint density at radius 2 is 1.63 bits per heavy atom. The molecule has 0 fully saturated rings. The molecule has 0 atom stereocenters. The van der Waals surface area contributed by atoms with E-state index in [1.54, 1.807) is 0 Å². The predicted octanol–water partition coefficient (Wildman–Crippen LogP) is 5.17. The van der Waals surface area contributed by atoms with Gasteiger partial charge in [0.2, 0.25) is 0 Å². The summed E-state index contributed by atoms with van der Waals surface area (Å²) in [4.78, 5) is 11.7. The van der Waals surface area contributed by atoms with E-state index in [1.165, 1.54) is 45.6 Å². The van der Waals surface area contributed by atoms with Crippen LogP contribution in [-0.4, -0.2) is 26.3 Å². The molecule has 0 unspecified atom stereocenters. The fraction of sp³-hybridized carbons (Fsp3) is 0.812. The van der Waals surface area contributed by atoms with E-state index in [2.05, 4.69) is 30.3 Å². The summed E-state index contributed by atoms with van der Waals surface area (Å²) >= 11 is -1.74. The quantitative estimate of drug-likeness (QED) is 0.239. The van der Waals surface area contributed by atoms with Crippen molar-refractivity contribution in [3.8, 4) is 0 Å². The first-order chi connectivity index (χ1) is 8.90. The molecule has 0 radical (unpaired) electrons. The molecular formula is C16H32GeO2. The van der Waals surface area contributed by atoms with Gasteiger partial charge in [0.1, 0.15) is 0 Å². The molecule has 0 bridgehead atoms. The number of esters is 1. The van der Waals surface area contributed by atoms with E-state index >= 15 is 0 Å². The number of hydrogen-bond acceptors (Lipinski definition) is 2. The zero-order chi connectivity index (χ0) is 14.7. The Bertz CT molecular complexity index is 277. The van der Waals surface area contributed by atoms with Crippen LogP contribution in [0.5, 0.6) is 0 Å². The number of carbonyl (C=O) groups is 1. The number of ether oxygens (including phenoxy) is 1. The third kappa shape index (κ3) is 11.3. The van der Waals surface area contributed by atoms with E-state index in [0.717, 1.165) is 17.2 Å². The second kappa shape index (κ2) is 10.5. The monoisotopic (exact) mass is 330 g/mol. The summed E-state index contributed by atoms with van der Waals surface area (Å²) in [6, 6.07) is 0. The maximum atomic E-state index is 11.7. The van der Waals surface area contributed by atoms with Crippen molar-refractivity contribution in [1.29, 1.82) is 0 Å². The molecule has 0 aromatic carbocycles. The van der Waals surface area contributed by atoms with Gasteiger partial charge in [-0.2, -0.15) is 0 Å². The van der Waals surface area contributed by atoms with Gasteiger partial charge in [0.25, 0.3) is 0 Å². The molecule has 0 spiro atoms. The van der Waals surface area contributed by atoms with Gasteiger partial charge in [-0.15, -0.1) is 0 Å². The molecule has 0 amide bonds. The second-order valence-corrected chi connectivity index (χ2v) is 18.0. The van der Waals surface area contributed by atoms with Gasteiger partial charge in [0.15, 0.2) is 0 Å². The Kier molecular flexibility index (Phi) is 10.4. The van der Waals surface area contributed by atoms with Crippen LogP contribution in [0, 0.1) is 0 Å². The van der Waals surface area contributed by atoms with Crippen LogP contribution in [0.3, 0.4) is 0 Å². The van der Waals surface area contributed by atoms with Gasteiger partial charge in [-0.05, 0) is 0 Å². The molecule has 0 aliphatic carbocycles. The zero-order valence-electron chi connectivity index (χ0n) is 13.6. The van der Waals surface area contributed by atoms with Gasteiger partial charge in [-0.3, -0.25) is 0 Å². The van der Waals surface area contributed by atoms with Crippen LogP contribution in [0.1, 0.15) is 51.9 Å². The summed E-state index contributed by atoms with van der Waals surface area (Å²) in [5.41, 5.74) is 0.920. The van der Waals surface area contributed by atoms with Crippen LogP contribution in [0.4, 0.5) is 0 Å². The summed E-state index contributed by atoms with van der Waals surface area (Å²) in [7, 11) is 1.48. The molecule has 0 saturated heterocycles. The van der Waals surface area contributed by atoms with Crippen molar-refractivity contribution in [1.82, 2.24) is 0 Å². The zero-order valence-corrected chi connectivity index (χ0v) is 15.6. The molecule has 0 N–H and O–H groups in total. The predicted molar refractivity (Wildman–Crippen MR) is 86.2 cm³/mol. The van der Waals surface area contributed by atoms with Gasteiger partial charge < -0.3 is 0 Å². The van der Waals surface area contributed by atoms with E-state index in [9.17, 15) is 4.79 Å². The summed E-state index contributed by atoms with van der Waals surface area (Å²) < 4.78 is 4.89. The van der Waals surface area contributed by atoms with Crippen molar-refractivity contribution in [3.63, 3.8) is 0 Å². The molecule has 0 aromatic rings. The SMILES string of the molecule is CCCCCCCC/C=C(\[CH2][Ge]([CH3])([CH3])[CH3])C(=O)OC. The van der Waals surface area contributed by atoms with Crippen LogP contribution in [-0.2, 0) is 9.53 Å². The van der Waals surface area contributed by atoms with Crippen molar-refractivity contribution >= 4 is 19.2 Å². The first-order valence-corrected chi connectivity index (χ1v) is 15.5. The normalized spacial score (nSPS) is 12.6. The number of hydrogen-bond donors (Lipinski definition) is 0. The van der Waals surface area contributed by atoms with E-state index in [4.69, 9.17) is 4.74 Å². The minimum atomic E-state index is -1.74. The number of rotatable bonds is 10. The van der Waals surface area contributed by atoms with Crippen molar-refractivity contribution < 1.29 is 9.53 Å². The third-order valence-electron chi connectivity index (χ3n) is 3.12. The van der Waals surface area contributed by atoms with Crippen molar-refractivity contribution in [3.05, 3.63) is 11.6 Å². The second-order valence-electron chi connectivity index (χ2n) is 6.51. The summed E-state index contributed by atoms with van der Waals surface area (Å²) in [6.45, 7) is 2.24. The molecule has 0 aliphatic rings. The van der Waals surface area contributed by atoms with Gasteiger partial charge in [0, 0.05) is 0 Å². The molecule has 0 aromatic heterocycles. The van der Waals surface area contributed by atoms with Crippen molar-refractivity contribution in [2.75, 3.05) is 7.11 Å². The van der Waals surface area contributed by atoms with Crippen LogP contribution in [0.25, 0.3) is 0 Å². The van der Waals surface area contributed by atoms with Crippen LogP contribution in [0.2, 0.25) is 22.5 Å². The fourth-order valence-electron chi connectivity index (χ4n) is 2.13. The van der Waals surface area contributed by atoms with Crippen LogP contribution >= 0.6 is 0 Å².